The number of para-hydroxylation sites is 1. The number of aryl methyl sites for hydroxylation is 1. The first-order valence-corrected chi connectivity index (χ1v) is 11.0. The highest BCUT2D eigenvalue weighted by Crippen LogP contribution is 2.28. The maximum Gasteiger partial charge on any atom is 0.232 e. The molecular formula is C22H24N7S+. The summed E-state index contributed by atoms with van der Waals surface area (Å²) in [6.07, 6.45) is 2.30. The van der Waals surface area contributed by atoms with E-state index >= 15 is 0 Å². The van der Waals surface area contributed by atoms with Crippen LogP contribution in [0.3, 0.4) is 0 Å². The fourth-order valence-corrected chi connectivity index (χ4v) is 5.16. The first-order chi connectivity index (χ1) is 14.6. The molecule has 2 aromatic heterocycles. The van der Waals surface area contributed by atoms with Crippen LogP contribution < -0.4 is 16.0 Å². The van der Waals surface area contributed by atoms with Crippen molar-refractivity contribution in [2.75, 3.05) is 17.6 Å². The lowest BCUT2D eigenvalue weighted by Gasteiger charge is -2.19. The molecule has 152 valence electrons. The monoisotopic (exact) mass is 418 g/mol. The molecular weight excluding hydrogens is 394 g/mol. The third-order valence-electron chi connectivity index (χ3n) is 5.48. The molecule has 3 heterocycles. The second-order valence-corrected chi connectivity index (χ2v) is 8.79. The number of nitrogens with one attached hydrogen (secondary N) is 2. The largest absolute Gasteiger partial charge is 0.368 e. The first kappa shape index (κ1) is 18.9. The molecule has 0 spiro atoms. The highest BCUT2D eigenvalue weighted by atomic mass is 32.1. The Hall–Kier alpha value is -3.10. The van der Waals surface area contributed by atoms with E-state index in [1.54, 1.807) is 11.3 Å². The van der Waals surface area contributed by atoms with Gasteiger partial charge in [0.1, 0.15) is 12.6 Å². The van der Waals surface area contributed by atoms with Gasteiger partial charge in [-0.3, -0.25) is 0 Å². The summed E-state index contributed by atoms with van der Waals surface area (Å²) < 4.78 is 1.24. The van der Waals surface area contributed by atoms with Crippen LogP contribution >= 0.6 is 11.3 Å². The van der Waals surface area contributed by atoms with Gasteiger partial charge in [0.05, 0.1) is 16.8 Å². The van der Waals surface area contributed by atoms with Gasteiger partial charge in [0.2, 0.25) is 11.9 Å². The molecule has 2 aromatic carbocycles. The molecule has 0 amide bonds. The molecule has 2 atom stereocenters. The zero-order valence-corrected chi connectivity index (χ0v) is 17.6. The van der Waals surface area contributed by atoms with Crippen molar-refractivity contribution < 1.29 is 4.90 Å². The minimum absolute atomic E-state index is 0.241. The lowest BCUT2D eigenvalue weighted by atomic mass is 10.2. The Morgan fingerprint density at radius 1 is 1.07 bits per heavy atom. The summed E-state index contributed by atoms with van der Waals surface area (Å²) in [5, 5.41) is 4.43. The average molecular weight is 419 g/mol. The third kappa shape index (κ3) is 3.96. The summed E-state index contributed by atoms with van der Waals surface area (Å²) in [4.78, 5) is 19.6. The molecule has 5 rings (SSSR count). The lowest BCUT2D eigenvalue weighted by molar-refractivity contribution is -0.932. The SMILES string of the molecule is Cc1ccc(Nc2nc(N)nc(C[NH+]3CCC[C@H]3c3nc4ccccc4s3)n2)cc1. The summed E-state index contributed by atoms with van der Waals surface area (Å²) in [5.41, 5.74) is 9.20. The topological polar surface area (TPSA) is 94.0 Å². The van der Waals surface area contributed by atoms with Gasteiger partial charge in [-0.25, -0.2) is 4.98 Å². The molecule has 1 aliphatic heterocycles. The average Bonchev–Trinajstić information content (AvgIpc) is 3.35. The number of quaternary nitrogens is 1. The predicted octanol–water partition coefficient (Wildman–Crippen LogP) is 3.04. The molecule has 0 radical (unpaired) electrons. The van der Waals surface area contributed by atoms with E-state index in [2.05, 4.69) is 45.4 Å². The van der Waals surface area contributed by atoms with Crippen LogP contribution in [-0.2, 0) is 6.54 Å². The number of nitrogens with two attached hydrogens (primary N) is 1. The van der Waals surface area contributed by atoms with E-state index in [0.29, 0.717) is 24.4 Å². The van der Waals surface area contributed by atoms with Gasteiger partial charge in [0.25, 0.3) is 0 Å². The van der Waals surface area contributed by atoms with Gasteiger partial charge in [-0.05, 0) is 31.2 Å². The second kappa shape index (κ2) is 7.97. The molecule has 0 aliphatic carbocycles. The molecule has 1 fully saturated rings. The summed E-state index contributed by atoms with van der Waals surface area (Å²) in [7, 11) is 0. The highest BCUT2D eigenvalue weighted by molar-refractivity contribution is 7.18. The van der Waals surface area contributed by atoms with E-state index in [-0.39, 0.29) is 5.95 Å². The van der Waals surface area contributed by atoms with Crippen molar-refractivity contribution in [2.24, 2.45) is 0 Å². The molecule has 7 nitrogen and oxygen atoms in total. The number of hydrogen-bond donors (Lipinski definition) is 3. The molecule has 4 N–H and O–H groups in total. The van der Waals surface area contributed by atoms with Crippen LogP contribution in [0.2, 0.25) is 0 Å². The van der Waals surface area contributed by atoms with Crippen molar-refractivity contribution in [3.8, 4) is 0 Å². The molecule has 1 aliphatic rings. The molecule has 0 saturated carbocycles. The third-order valence-corrected chi connectivity index (χ3v) is 6.63. The van der Waals surface area contributed by atoms with E-state index in [1.807, 2.05) is 30.3 Å². The standard InChI is InChI=1S/C22H23N7S/c1-14-8-10-15(11-9-14)24-22-27-19(26-21(23)28-22)13-29-12-4-6-17(29)20-25-16-5-2-3-7-18(16)30-20/h2-3,5,7-11,17H,4,6,12-13H2,1H3,(H3,23,24,26,27,28)/p+1/t17-/m0/s1. The number of aromatic nitrogens is 4. The van der Waals surface area contributed by atoms with E-state index in [4.69, 9.17) is 10.7 Å². The van der Waals surface area contributed by atoms with Crippen molar-refractivity contribution in [3.63, 3.8) is 0 Å². The number of benzene rings is 2. The number of fused-ring (bicyclic) bond motifs is 1. The maximum absolute atomic E-state index is 5.99. The van der Waals surface area contributed by atoms with Gasteiger partial charge in [-0.2, -0.15) is 15.0 Å². The van der Waals surface area contributed by atoms with Gasteiger partial charge < -0.3 is 16.0 Å². The molecule has 1 unspecified atom stereocenters. The molecule has 8 heteroatoms. The Bertz CT molecular complexity index is 1140. The highest BCUT2D eigenvalue weighted by Gasteiger charge is 2.33. The predicted molar refractivity (Wildman–Crippen MR) is 120 cm³/mol. The number of likely N-dealkylation sites (tertiary alicyclic amines) is 1. The van der Waals surface area contributed by atoms with Crippen LogP contribution in [0, 0.1) is 6.92 Å². The minimum atomic E-state index is 0.241. The van der Waals surface area contributed by atoms with E-state index in [1.165, 1.54) is 26.6 Å². The van der Waals surface area contributed by atoms with Crippen LogP contribution in [0.4, 0.5) is 17.6 Å². The van der Waals surface area contributed by atoms with Gasteiger partial charge in [-0.15, -0.1) is 11.3 Å². The van der Waals surface area contributed by atoms with Crippen molar-refractivity contribution in [3.05, 3.63) is 64.9 Å². The Kier molecular flexibility index (Phi) is 5.02. The first-order valence-electron chi connectivity index (χ1n) is 10.2. The van der Waals surface area contributed by atoms with Crippen molar-refractivity contribution >= 4 is 39.1 Å². The summed E-state index contributed by atoms with van der Waals surface area (Å²) in [6.45, 7) is 3.84. The van der Waals surface area contributed by atoms with Crippen LogP contribution in [0.25, 0.3) is 10.2 Å². The van der Waals surface area contributed by atoms with Crippen LogP contribution in [-0.4, -0.2) is 26.5 Å². The number of thiazole rings is 1. The Morgan fingerprint density at radius 2 is 1.90 bits per heavy atom. The van der Waals surface area contributed by atoms with E-state index in [9.17, 15) is 0 Å². The van der Waals surface area contributed by atoms with Crippen LogP contribution in [0.5, 0.6) is 0 Å². The van der Waals surface area contributed by atoms with Crippen molar-refractivity contribution in [1.82, 2.24) is 19.9 Å². The van der Waals surface area contributed by atoms with Crippen molar-refractivity contribution in [2.45, 2.75) is 32.4 Å². The fraction of sp³-hybridized carbons (Fsp3) is 0.273. The normalized spacial score (nSPS) is 18.7. The Morgan fingerprint density at radius 3 is 2.73 bits per heavy atom. The van der Waals surface area contributed by atoms with Gasteiger partial charge in [0, 0.05) is 18.5 Å². The van der Waals surface area contributed by atoms with Gasteiger partial charge in [-0.1, -0.05) is 29.8 Å². The summed E-state index contributed by atoms with van der Waals surface area (Å²) >= 11 is 1.80. The summed E-state index contributed by atoms with van der Waals surface area (Å²) in [6, 6.07) is 16.8. The smallest absolute Gasteiger partial charge is 0.232 e. The maximum atomic E-state index is 5.99. The van der Waals surface area contributed by atoms with E-state index < -0.39 is 0 Å². The number of rotatable bonds is 5. The Balaban J connectivity index is 1.36. The lowest BCUT2D eigenvalue weighted by Crippen LogP contribution is -3.09. The fourth-order valence-electron chi connectivity index (χ4n) is 4.00. The number of nitrogens with zero attached hydrogens (tertiary/aromatic N) is 4. The molecule has 30 heavy (non-hydrogen) atoms. The zero-order chi connectivity index (χ0) is 20.5. The second-order valence-electron chi connectivity index (χ2n) is 7.72. The Labute approximate surface area is 179 Å². The molecule has 0 bridgehead atoms. The van der Waals surface area contributed by atoms with Gasteiger partial charge >= 0.3 is 0 Å². The number of anilines is 3. The minimum Gasteiger partial charge on any atom is -0.368 e. The molecule has 4 aromatic rings. The van der Waals surface area contributed by atoms with Crippen molar-refractivity contribution in [1.29, 1.82) is 0 Å². The number of nitrogen functional groups attached to an aromatic ring is 1. The zero-order valence-electron chi connectivity index (χ0n) is 16.8. The van der Waals surface area contributed by atoms with E-state index in [0.717, 1.165) is 24.2 Å². The summed E-state index contributed by atoms with van der Waals surface area (Å²) in [5.74, 6) is 1.43. The van der Waals surface area contributed by atoms with Crippen LogP contribution in [0.1, 0.15) is 35.3 Å². The quantitative estimate of drug-likeness (QED) is 0.461. The van der Waals surface area contributed by atoms with Gasteiger partial charge in [0.15, 0.2) is 10.8 Å². The molecule has 1 saturated heterocycles. The van der Waals surface area contributed by atoms with Crippen LogP contribution in [0.15, 0.2) is 48.5 Å². The number of hydrogen-bond acceptors (Lipinski definition) is 7.